The van der Waals surface area contributed by atoms with Gasteiger partial charge in [0, 0.05) is 10.6 Å². The van der Waals surface area contributed by atoms with Crippen molar-refractivity contribution in [3.05, 3.63) is 33.7 Å². The van der Waals surface area contributed by atoms with Crippen molar-refractivity contribution in [2.75, 3.05) is 6.61 Å². The molecule has 1 amide bonds. The number of amides is 1. The molecule has 0 aromatic heterocycles. The van der Waals surface area contributed by atoms with Crippen LogP contribution in [0.25, 0.3) is 6.08 Å². The van der Waals surface area contributed by atoms with Gasteiger partial charge in [0.1, 0.15) is 5.75 Å². The Morgan fingerprint density at radius 2 is 2.33 bits per heavy atom. The maximum atomic E-state index is 11.5. The van der Waals surface area contributed by atoms with Crippen molar-refractivity contribution >= 4 is 40.5 Å². The first-order chi connectivity index (χ1) is 8.60. The zero-order valence-corrected chi connectivity index (χ0v) is 11.2. The Morgan fingerprint density at radius 3 is 2.94 bits per heavy atom. The van der Waals surface area contributed by atoms with Gasteiger partial charge in [-0.05, 0) is 43.0 Å². The Kier molecular flexibility index (Phi) is 3.93. The van der Waals surface area contributed by atoms with Crippen LogP contribution in [0.15, 0.2) is 28.1 Å². The van der Waals surface area contributed by atoms with E-state index >= 15 is 0 Å². The van der Waals surface area contributed by atoms with Crippen LogP contribution in [0.5, 0.6) is 5.75 Å². The molecule has 0 aliphatic carbocycles. The molecular weight excluding hydrogens is 272 g/mol. The average Bonchev–Trinajstić information content (AvgIpc) is 2.61. The molecule has 0 unspecified atom stereocenters. The largest absolute Gasteiger partial charge is 0.493 e. The third-order valence-corrected chi connectivity index (χ3v) is 3.24. The van der Waals surface area contributed by atoms with Crippen LogP contribution in [0.2, 0.25) is 5.02 Å². The van der Waals surface area contributed by atoms with Gasteiger partial charge in [0.25, 0.3) is 5.91 Å². The fraction of sp³-hybridized carbons (Fsp3) is 0.167. The summed E-state index contributed by atoms with van der Waals surface area (Å²) in [6, 6.07) is 5.25. The smallest absolute Gasteiger partial charge is 0.286 e. The van der Waals surface area contributed by atoms with Gasteiger partial charge in [-0.1, -0.05) is 11.6 Å². The first-order valence-electron chi connectivity index (χ1n) is 5.30. The van der Waals surface area contributed by atoms with Gasteiger partial charge in [-0.15, -0.1) is 0 Å². The van der Waals surface area contributed by atoms with Crippen LogP contribution >= 0.6 is 23.4 Å². The topological polar surface area (TPSA) is 64.7 Å². The Hall–Kier alpha value is -1.46. The lowest BCUT2D eigenvalue weighted by molar-refractivity contribution is -0.113. The second-order valence-electron chi connectivity index (χ2n) is 3.48. The Bertz CT molecular complexity index is 555. The molecule has 0 spiro atoms. The van der Waals surface area contributed by atoms with E-state index in [0.29, 0.717) is 22.3 Å². The van der Waals surface area contributed by atoms with Gasteiger partial charge in [0.2, 0.25) is 0 Å². The number of thioether (sulfide) groups is 1. The van der Waals surface area contributed by atoms with E-state index in [0.717, 1.165) is 17.3 Å². The number of benzene rings is 1. The van der Waals surface area contributed by atoms with E-state index in [4.69, 9.17) is 22.1 Å². The Morgan fingerprint density at radius 1 is 1.56 bits per heavy atom. The summed E-state index contributed by atoms with van der Waals surface area (Å²) in [5, 5.41) is 0.834. The Balaban J connectivity index is 2.36. The lowest BCUT2D eigenvalue weighted by atomic mass is 10.2. The summed E-state index contributed by atoms with van der Waals surface area (Å²) in [4.78, 5) is 15.6. The van der Waals surface area contributed by atoms with Crippen LogP contribution < -0.4 is 10.5 Å². The minimum absolute atomic E-state index is 0.256. The van der Waals surface area contributed by atoms with E-state index in [9.17, 15) is 4.79 Å². The lowest BCUT2D eigenvalue weighted by Gasteiger charge is -2.07. The maximum absolute atomic E-state index is 11.5. The highest BCUT2D eigenvalue weighted by molar-refractivity contribution is 8.18. The molecule has 1 aromatic rings. The number of aliphatic imine (C=N–C) groups is 1. The molecule has 18 heavy (non-hydrogen) atoms. The molecule has 6 heteroatoms. The van der Waals surface area contributed by atoms with Crippen LogP contribution in [0.1, 0.15) is 12.5 Å². The summed E-state index contributed by atoms with van der Waals surface area (Å²) in [7, 11) is 0. The summed E-state index contributed by atoms with van der Waals surface area (Å²) < 4.78 is 5.47. The van der Waals surface area contributed by atoms with Gasteiger partial charge in [-0.25, -0.2) is 0 Å². The highest BCUT2D eigenvalue weighted by Gasteiger charge is 2.20. The number of carbonyl (C=O) groups is 1. The fourth-order valence-corrected chi connectivity index (χ4v) is 2.34. The third-order valence-electron chi connectivity index (χ3n) is 2.20. The zero-order chi connectivity index (χ0) is 13.1. The molecule has 2 N–H and O–H groups in total. The standard InChI is InChI=1S/C12H11ClN2O2S/c1-2-17-9-4-3-8(13)5-7(9)6-10-11(16)15-12(14)18-10/h3-6H,2H2,1H3,(H2,14,15,16). The third kappa shape index (κ3) is 2.86. The van der Waals surface area contributed by atoms with Crippen LogP contribution in [0.3, 0.4) is 0 Å². The van der Waals surface area contributed by atoms with Gasteiger partial charge in [-0.3, -0.25) is 4.79 Å². The van der Waals surface area contributed by atoms with Crippen LogP contribution in [-0.4, -0.2) is 17.7 Å². The van der Waals surface area contributed by atoms with E-state index in [2.05, 4.69) is 4.99 Å². The maximum Gasteiger partial charge on any atom is 0.286 e. The van der Waals surface area contributed by atoms with Gasteiger partial charge >= 0.3 is 0 Å². The number of carbonyl (C=O) groups excluding carboxylic acids is 1. The first-order valence-corrected chi connectivity index (χ1v) is 6.50. The van der Waals surface area contributed by atoms with Crippen molar-refractivity contribution in [1.82, 2.24) is 0 Å². The van der Waals surface area contributed by atoms with Gasteiger partial charge in [-0.2, -0.15) is 4.99 Å². The Labute approximate surface area is 114 Å². The minimum Gasteiger partial charge on any atom is -0.493 e. The highest BCUT2D eigenvalue weighted by atomic mass is 35.5. The van der Waals surface area contributed by atoms with Crippen molar-refractivity contribution < 1.29 is 9.53 Å². The van der Waals surface area contributed by atoms with Gasteiger partial charge < -0.3 is 10.5 Å². The number of nitrogens with two attached hydrogens (primary N) is 1. The molecular formula is C12H11ClN2O2S. The highest BCUT2D eigenvalue weighted by Crippen LogP contribution is 2.31. The van der Waals surface area contributed by atoms with E-state index < -0.39 is 0 Å². The van der Waals surface area contributed by atoms with Crippen molar-refractivity contribution in [1.29, 1.82) is 0 Å². The molecule has 1 aliphatic heterocycles. The molecule has 2 rings (SSSR count). The van der Waals surface area contributed by atoms with Crippen molar-refractivity contribution in [3.8, 4) is 5.75 Å². The molecule has 1 heterocycles. The van der Waals surface area contributed by atoms with Crippen LogP contribution in [0, 0.1) is 0 Å². The normalized spacial score (nSPS) is 17.1. The first kappa shape index (κ1) is 13.0. The number of rotatable bonds is 3. The predicted molar refractivity (Wildman–Crippen MR) is 74.8 cm³/mol. The summed E-state index contributed by atoms with van der Waals surface area (Å²) in [6.45, 7) is 2.43. The number of halogens is 1. The van der Waals surface area contributed by atoms with E-state index in [1.807, 2.05) is 6.92 Å². The van der Waals surface area contributed by atoms with Gasteiger partial charge in [0.05, 0.1) is 11.5 Å². The SMILES string of the molecule is CCOc1ccc(Cl)cc1C=C1SC(N)=NC1=O. The zero-order valence-electron chi connectivity index (χ0n) is 9.64. The fourth-order valence-electron chi connectivity index (χ4n) is 1.49. The second kappa shape index (κ2) is 5.46. The lowest BCUT2D eigenvalue weighted by Crippen LogP contribution is -2.01. The predicted octanol–water partition coefficient (Wildman–Crippen LogP) is 2.67. The molecule has 4 nitrogen and oxygen atoms in total. The summed E-state index contributed by atoms with van der Waals surface area (Å²) in [5.41, 5.74) is 6.23. The summed E-state index contributed by atoms with van der Waals surface area (Å²) in [5.74, 6) is 0.341. The van der Waals surface area contributed by atoms with Crippen LogP contribution in [0.4, 0.5) is 0 Å². The molecule has 1 aromatic carbocycles. The quantitative estimate of drug-likeness (QED) is 0.866. The summed E-state index contributed by atoms with van der Waals surface area (Å²) >= 11 is 7.08. The number of ether oxygens (including phenoxy) is 1. The number of amidine groups is 1. The second-order valence-corrected chi connectivity index (χ2v) is 4.98. The van der Waals surface area contributed by atoms with Crippen LogP contribution in [-0.2, 0) is 4.79 Å². The minimum atomic E-state index is -0.333. The van der Waals surface area contributed by atoms with E-state index in [1.165, 1.54) is 0 Å². The molecule has 0 atom stereocenters. The van der Waals surface area contributed by atoms with Crippen molar-refractivity contribution in [2.24, 2.45) is 10.7 Å². The van der Waals surface area contributed by atoms with Crippen molar-refractivity contribution in [3.63, 3.8) is 0 Å². The van der Waals surface area contributed by atoms with E-state index in [1.54, 1.807) is 24.3 Å². The molecule has 0 saturated carbocycles. The monoisotopic (exact) mass is 282 g/mol. The molecule has 1 aliphatic rings. The number of hydrogen-bond donors (Lipinski definition) is 1. The number of nitrogens with zero attached hydrogens (tertiary/aromatic N) is 1. The molecule has 94 valence electrons. The van der Waals surface area contributed by atoms with E-state index in [-0.39, 0.29) is 11.1 Å². The molecule has 0 bridgehead atoms. The van der Waals surface area contributed by atoms with Crippen molar-refractivity contribution in [2.45, 2.75) is 6.92 Å². The molecule has 0 fully saturated rings. The average molecular weight is 283 g/mol. The summed E-state index contributed by atoms with van der Waals surface area (Å²) in [6.07, 6.45) is 1.69. The molecule has 0 saturated heterocycles. The molecule has 0 radical (unpaired) electrons. The number of hydrogen-bond acceptors (Lipinski definition) is 4. The van der Waals surface area contributed by atoms with Gasteiger partial charge in [0.15, 0.2) is 5.17 Å².